The molecule has 0 amide bonds. The first-order valence-corrected chi connectivity index (χ1v) is 2.77. The normalized spacial score (nSPS) is 15.4. The van der Waals surface area contributed by atoms with Crippen LogP contribution in [0.4, 0.5) is 0 Å². The predicted octanol–water partition coefficient (Wildman–Crippen LogP) is -1.58. The van der Waals surface area contributed by atoms with Crippen molar-refractivity contribution in [2.75, 3.05) is 0 Å². The highest BCUT2D eigenvalue weighted by molar-refractivity contribution is 7.74. The van der Waals surface area contributed by atoms with E-state index in [4.69, 9.17) is 4.55 Å². The van der Waals surface area contributed by atoms with Gasteiger partial charge in [0.1, 0.15) is 0 Å². The molecule has 32 valence electrons. The number of hydrogen-bond acceptors (Lipinski definition) is 2. The third-order valence-electron chi connectivity index (χ3n) is 0.143. The number of hydrogen-bond donors (Lipinski definition) is 1. The maximum absolute atomic E-state index is 9.29. The van der Waals surface area contributed by atoms with Gasteiger partial charge >= 0.3 is 0 Å². The van der Waals surface area contributed by atoms with Gasteiger partial charge in [-0.1, -0.05) is 0 Å². The molecule has 3 nitrogen and oxygen atoms in total. The third-order valence-corrected chi connectivity index (χ3v) is 1.28. The Labute approximate surface area is 35.4 Å². The van der Waals surface area contributed by atoms with Gasteiger partial charge in [-0.15, -0.1) is 0 Å². The molecule has 0 bridgehead atoms. The van der Waals surface area contributed by atoms with Gasteiger partial charge in [-0.2, -0.15) is 4.21 Å². The summed E-state index contributed by atoms with van der Waals surface area (Å²) in [4.78, 5) is 0. The van der Waals surface area contributed by atoms with Gasteiger partial charge in [0.2, 0.25) is 0 Å². The Morgan fingerprint density at radius 3 is 2.20 bits per heavy atom. The molecule has 5 heteroatoms. The Bertz CT molecular complexity index is 42.2. The Balaban J connectivity index is 2.85. The first-order chi connectivity index (χ1) is 2.27. The average Bonchev–Trinajstić information content (AvgIpc) is 1.38. The molecule has 0 aromatic rings. The van der Waals surface area contributed by atoms with Gasteiger partial charge in [0.15, 0.2) is 10.5 Å². The molecule has 0 fully saturated rings. The molecule has 0 spiro atoms. The molecule has 0 aromatic carbocycles. The number of rotatable bonds is 1. The molecule has 0 rings (SSSR count). The molecule has 0 saturated heterocycles. The summed E-state index contributed by atoms with van der Waals surface area (Å²) in [5.41, 5.74) is 0. The van der Waals surface area contributed by atoms with Gasteiger partial charge in [-0.3, -0.25) is 4.55 Å². The quantitative estimate of drug-likeness (QED) is 0.329. The molecular formula is H4O3SSi. The monoisotopic (exact) mass is 112 g/mol. The van der Waals surface area contributed by atoms with Crippen LogP contribution in [0.25, 0.3) is 0 Å². The maximum atomic E-state index is 9.29. The van der Waals surface area contributed by atoms with Crippen molar-refractivity contribution in [3.63, 3.8) is 0 Å². The lowest BCUT2D eigenvalue weighted by Crippen LogP contribution is -1.86. The zero-order valence-electron chi connectivity index (χ0n) is 2.67. The van der Waals surface area contributed by atoms with Crippen molar-refractivity contribution >= 4 is 21.8 Å². The van der Waals surface area contributed by atoms with Gasteiger partial charge in [0.25, 0.3) is 11.4 Å². The first-order valence-electron chi connectivity index (χ1n) is 0.924. The van der Waals surface area contributed by atoms with Crippen molar-refractivity contribution in [1.29, 1.82) is 0 Å². The second-order valence-electron chi connectivity index (χ2n) is 0.384. The standard InChI is InChI=1S/H4O3SSi/c1-4(2)3-5/h5H3,(H,1,2). The van der Waals surface area contributed by atoms with E-state index >= 15 is 0 Å². The van der Waals surface area contributed by atoms with E-state index < -0.39 is 11.4 Å². The van der Waals surface area contributed by atoms with Gasteiger partial charge in [0, 0.05) is 0 Å². The van der Waals surface area contributed by atoms with Crippen molar-refractivity contribution in [3.8, 4) is 0 Å². The molecule has 1 atom stereocenters. The second kappa shape index (κ2) is 2.52. The summed E-state index contributed by atoms with van der Waals surface area (Å²) in [5, 5.41) is 0. The molecular weight excluding hydrogens is 108 g/mol. The predicted molar refractivity (Wildman–Crippen MR) is 21.8 cm³/mol. The summed E-state index contributed by atoms with van der Waals surface area (Å²) in [7, 11) is 0.323. The van der Waals surface area contributed by atoms with Crippen molar-refractivity contribution < 1.29 is 12.6 Å². The lowest BCUT2D eigenvalue weighted by Gasteiger charge is -1.77. The van der Waals surface area contributed by atoms with Crippen LogP contribution in [0, 0.1) is 0 Å². The van der Waals surface area contributed by atoms with E-state index in [1.165, 1.54) is 0 Å². The van der Waals surface area contributed by atoms with Gasteiger partial charge in [-0.05, 0) is 0 Å². The van der Waals surface area contributed by atoms with Crippen molar-refractivity contribution in [2.45, 2.75) is 0 Å². The fourth-order valence-electron chi connectivity index (χ4n) is 0. The van der Waals surface area contributed by atoms with Gasteiger partial charge in [0.05, 0.1) is 0 Å². The molecule has 1 unspecified atom stereocenters. The summed E-state index contributed by atoms with van der Waals surface area (Å²) < 4.78 is 20.9. The highest BCUT2D eigenvalue weighted by Crippen LogP contribution is 1.62. The minimum Gasteiger partial charge on any atom is -0.325 e. The molecule has 0 aromatic heterocycles. The summed E-state index contributed by atoms with van der Waals surface area (Å²) in [6.45, 7) is 0. The molecule has 1 N–H and O–H groups in total. The average molecular weight is 112 g/mol. The molecule has 0 aliphatic heterocycles. The van der Waals surface area contributed by atoms with E-state index in [0.29, 0.717) is 10.5 Å². The molecule has 0 aliphatic carbocycles. The largest absolute Gasteiger partial charge is 0.325 e. The third kappa shape index (κ3) is 4.29. The Morgan fingerprint density at radius 2 is 2.20 bits per heavy atom. The summed E-state index contributed by atoms with van der Waals surface area (Å²) in [5.74, 6) is 0. The van der Waals surface area contributed by atoms with Crippen LogP contribution in [-0.4, -0.2) is 19.2 Å². The lowest BCUT2D eigenvalue weighted by atomic mass is 15.8. The fraction of sp³-hybridized carbons (Fsp3) is 0. The van der Waals surface area contributed by atoms with E-state index in [2.05, 4.69) is 3.87 Å². The Morgan fingerprint density at radius 1 is 2.00 bits per heavy atom. The highest BCUT2D eigenvalue weighted by Gasteiger charge is 1.74. The molecule has 5 heavy (non-hydrogen) atoms. The minimum absolute atomic E-state index is 0.323. The molecule has 0 radical (unpaired) electrons. The molecule has 0 aliphatic rings. The summed E-state index contributed by atoms with van der Waals surface area (Å²) in [6, 6.07) is 0. The zero-order valence-corrected chi connectivity index (χ0v) is 5.49. The Hall–Kier alpha value is 0.287. The van der Waals surface area contributed by atoms with E-state index in [1.807, 2.05) is 0 Å². The van der Waals surface area contributed by atoms with Crippen LogP contribution in [0.2, 0.25) is 0 Å². The van der Waals surface area contributed by atoms with Crippen LogP contribution in [-0.2, 0) is 15.2 Å². The van der Waals surface area contributed by atoms with Crippen LogP contribution in [0.5, 0.6) is 0 Å². The van der Waals surface area contributed by atoms with Crippen molar-refractivity contribution in [2.24, 2.45) is 0 Å². The summed E-state index contributed by atoms with van der Waals surface area (Å²) in [6.07, 6.45) is 0. The first kappa shape index (κ1) is 5.29. The maximum Gasteiger partial charge on any atom is 0.290 e. The molecule has 0 saturated carbocycles. The van der Waals surface area contributed by atoms with E-state index in [1.54, 1.807) is 0 Å². The lowest BCUT2D eigenvalue weighted by molar-refractivity contribution is 0.476. The van der Waals surface area contributed by atoms with Crippen molar-refractivity contribution in [1.82, 2.24) is 0 Å². The van der Waals surface area contributed by atoms with Crippen LogP contribution < -0.4 is 0 Å². The minimum atomic E-state index is -2.01. The second-order valence-corrected chi connectivity index (χ2v) is 2.15. The van der Waals surface area contributed by atoms with E-state index in [0.717, 1.165) is 0 Å². The smallest absolute Gasteiger partial charge is 0.290 e. The fourth-order valence-corrected chi connectivity index (χ4v) is 0. The van der Waals surface area contributed by atoms with Crippen molar-refractivity contribution in [3.05, 3.63) is 0 Å². The van der Waals surface area contributed by atoms with Crippen LogP contribution in [0.3, 0.4) is 0 Å². The van der Waals surface area contributed by atoms with Crippen LogP contribution >= 0.6 is 0 Å². The molecule has 0 heterocycles. The van der Waals surface area contributed by atoms with Crippen LogP contribution in [0.15, 0.2) is 0 Å². The van der Waals surface area contributed by atoms with Gasteiger partial charge < -0.3 is 3.87 Å². The van der Waals surface area contributed by atoms with Gasteiger partial charge in [-0.25, -0.2) is 0 Å². The topological polar surface area (TPSA) is 46.5 Å². The van der Waals surface area contributed by atoms with Crippen LogP contribution in [0.1, 0.15) is 0 Å². The Kier molecular flexibility index (Phi) is 2.66. The van der Waals surface area contributed by atoms with E-state index in [-0.39, 0.29) is 0 Å². The van der Waals surface area contributed by atoms with E-state index in [9.17, 15) is 4.21 Å². The summed E-state index contributed by atoms with van der Waals surface area (Å²) >= 11 is -2.01. The highest BCUT2D eigenvalue weighted by atomic mass is 32.2. The SMILES string of the molecule is O=S(O)O[SiH3]. The zero-order chi connectivity index (χ0) is 4.28.